The van der Waals surface area contributed by atoms with Gasteiger partial charge in [0.05, 0.1) is 31.6 Å². The second-order valence-corrected chi connectivity index (χ2v) is 9.05. The molecule has 0 N–H and O–H groups in total. The van der Waals surface area contributed by atoms with E-state index in [1.807, 2.05) is 45.9 Å². The van der Waals surface area contributed by atoms with Gasteiger partial charge in [0.15, 0.2) is 23.9 Å². The van der Waals surface area contributed by atoms with Gasteiger partial charge in [0.1, 0.15) is 6.07 Å². The van der Waals surface area contributed by atoms with Gasteiger partial charge in [-0.1, -0.05) is 24.3 Å². The monoisotopic (exact) mass is 514 g/mol. The molecular weight excluding hydrogens is 484 g/mol. The van der Waals surface area contributed by atoms with E-state index < -0.39 is 0 Å². The molecule has 38 heavy (non-hydrogen) atoms. The molecule has 0 atom stereocenters. The summed E-state index contributed by atoms with van der Waals surface area (Å²) in [4.78, 5) is 16.3. The molecule has 2 fully saturated rings. The van der Waals surface area contributed by atoms with Gasteiger partial charge < -0.3 is 24.0 Å². The Morgan fingerprint density at radius 3 is 2.53 bits per heavy atom. The second-order valence-electron chi connectivity index (χ2n) is 9.05. The van der Waals surface area contributed by atoms with Gasteiger partial charge in [-0.15, -0.1) is 10.2 Å². The third-order valence-corrected chi connectivity index (χ3v) is 6.62. The summed E-state index contributed by atoms with van der Waals surface area (Å²) in [5, 5.41) is 19.0. The van der Waals surface area contributed by atoms with Crippen LogP contribution in [0.1, 0.15) is 24.2 Å². The number of carbonyl (C=O) groups excluding carboxylic acids is 1. The van der Waals surface area contributed by atoms with Crippen LogP contribution >= 0.6 is 0 Å². The van der Waals surface area contributed by atoms with Crippen LogP contribution in [0.15, 0.2) is 48.5 Å². The van der Waals surface area contributed by atoms with E-state index in [2.05, 4.69) is 21.2 Å². The molecule has 3 heterocycles. The van der Waals surface area contributed by atoms with Crippen LogP contribution in [0.2, 0.25) is 0 Å². The molecule has 0 bridgehead atoms. The van der Waals surface area contributed by atoms with Crippen LogP contribution in [0.25, 0.3) is 17.3 Å². The van der Waals surface area contributed by atoms with E-state index in [0.29, 0.717) is 55.1 Å². The van der Waals surface area contributed by atoms with Crippen molar-refractivity contribution in [3.8, 4) is 23.3 Å². The molecule has 2 aliphatic rings. The summed E-state index contributed by atoms with van der Waals surface area (Å²) in [6.45, 7) is 4.11. The normalized spacial score (nSPS) is 15.8. The maximum atomic E-state index is 12.4. The van der Waals surface area contributed by atoms with Crippen LogP contribution in [-0.4, -0.2) is 78.7 Å². The number of allylic oxidation sites excluding steroid dienone is 1. The summed E-state index contributed by atoms with van der Waals surface area (Å²) in [6, 6.07) is 17.4. The van der Waals surface area contributed by atoms with Crippen molar-refractivity contribution in [2.24, 2.45) is 0 Å². The Labute approximate surface area is 221 Å². The van der Waals surface area contributed by atoms with Crippen LogP contribution in [0.3, 0.4) is 0 Å². The number of rotatable bonds is 8. The van der Waals surface area contributed by atoms with Gasteiger partial charge in [0.25, 0.3) is 5.91 Å². The van der Waals surface area contributed by atoms with Crippen molar-refractivity contribution in [1.29, 1.82) is 5.26 Å². The van der Waals surface area contributed by atoms with Crippen LogP contribution < -0.4 is 14.4 Å². The predicted molar refractivity (Wildman–Crippen MR) is 142 cm³/mol. The molecule has 3 aromatic rings. The molecule has 1 amide bonds. The molecule has 1 aromatic heterocycles. The first-order valence-electron chi connectivity index (χ1n) is 12.7. The van der Waals surface area contributed by atoms with E-state index in [0.717, 1.165) is 37.2 Å². The molecule has 2 saturated heterocycles. The zero-order valence-electron chi connectivity index (χ0n) is 21.4. The number of nitrogens with zero attached hydrogens (tertiary/aromatic N) is 6. The molecule has 0 unspecified atom stereocenters. The number of hydrogen-bond acceptors (Lipinski definition) is 8. The van der Waals surface area contributed by atoms with Crippen LogP contribution in [0.4, 0.5) is 5.95 Å². The standard InChI is InChI=1S/C28H30N6O4/c1-36-25-18-21(9-10-24(25)38-20-26(35)32-11-5-6-12-32)17-22(19-29)27-30-31-28(33-13-15-37-16-14-33)34(27)23-7-3-2-4-8-23/h2-4,7-10,17-18H,5-6,11-16,20H2,1H3/b22-17+. The van der Waals surface area contributed by atoms with E-state index in [-0.39, 0.29) is 12.5 Å². The Morgan fingerprint density at radius 1 is 1.05 bits per heavy atom. The van der Waals surface area contributed by atoms with Crippen molar-refractivity contribution >= 4 is 23.5 Å². The highest BCUT2D eigenvalue weighted by Gasteiger charge is 2.24. The van der Waals surface area contributed by atoms with Gasteiger partial charge in [0.2, 0.25) is 5.95 Å². The smallest absolute Gasteiger partial charge is 0.260 e. The molecule has 2 aromatic carbocycles. The molecule has 0 spiro atoms. The quantitative estimate of drug-likeness (QED) is 0.422. The Bertz CT molecular complexity index is 1340. The highest BCUT2D eigenvalue weighted by molar-refractivity contribution is 5.88. The summed E-state index contributed by atoms with van der Waals surface area (Å²) >= 11 is 0. The molecule has 0 aliphatic carbocycles. The lowest BCUT2D eigenvalue weighted by Crippen LogP contribution is -2.38. The SMILES string of the molecule is COc1cc(/C=C(\C#N)c2nnc(N3CCOCC3)n2-c2ccccc2)ccc1OCC(=O)N1CCCC1. The molecule has 10 nitrogen and oxygen atoms in total. The Hall–Kier alpha value is -4.36. The number of morpholine rings is 1. The van der Waals surface area contributed by atoms with Crippen molar-refractivity contribution in [3.05, 3.63) is 59.9 Å². The number of methoxy groups -OCH3 is 1. The van der Waals surface area contributed by atoms with Crippen LogP contribution in [0.5, 0.6) is 11.5 Å². The lowest BCUT2D eigenvalue weighted by Gasteiger charge is -2.28. The zero-order valence-corrected chi connectivity index (χ0v) is 21.4. The number of likely N-dealkylation sites (tertiary alicyclic amines) is 1. The zero-order chi connectivity index (χ0) is 26.3. The van der Waals surface area contributed by atoms with E-state index in [1.54, 1.807) is 25.3 Å². The summed E-state index contributed by atoms with van der Waals surface area (Å²) in [5.74, 6) is 2.02. The topological polar surface area (TPSA) is 106 Å². The van der Waals surface area contributed by atoms with Crippen molar-refractivity contribution in [1.82, 2.24) is 19.7 Å². The van der Waals surface area contributed by atoms with Crippen LogP contribution in [0, 0.1) is 11.3 Å². The molecule has 196 valence electrons. The first-order chi connectivity index (χ1) is 18.7. The van der Waals surface area contributed by atoms with Crippen molar-refractivity contribution in [3.63, 3.8) is 0 Å². The van der Waals surface area contributed by atoms with Crippen molar-refractivity contribution in [2.75, 3.05) is 58.0 Å². The fourth-order valence-electron chi connectivity index (χ4n) is 4.64. The minimum atomic E-state index is -0.0422. The minimum absolute atomic E-state index is 0.0309. The van der Waals surface area contributed by atoms with E-state index >= 15 is 0 Å². The molecule has 0 saturated carbocycles. The van der Waals surface area contributed by atoms with Gasteiger partial charge in [-0.2, -0.15) is 5.26 Å². The number of amides is 1. The molecule has 5 rings (SSSR count). The minimum Gasteiger partial charge on any atom is -0.493 e. The lowest BCUT2D eigenvalue weighted by molar-refractivity contribution is -0.132. The largest absolute Gasteiger partial charge is 0.493 e. The number of carbonyl (C=O) groups is 1. The molecule has 10 heteroatoms. The molecular formula is C28H30N6O4. The van der Waals surface area contributed by atoms with E-state index in [1.165, 1.54) is 0 Å². The Morgan fingerprint density at radius 2 is 1.82 bits per heavy atom. The maximum Gasteiger partial charge on any atom is 0.260 e. The first-order valence-corrected chi connectivity index (χ1v) is 12.7. The average molecular weight is 515 g/mol. The number of benzene rings is 2. The third kappa shape index (κ3) is 5.48. The maximum absolute atomic E-state index is 12.4. The van der Waals surface area contributed by atoms with Crippen LogP contribution in [-0.2, 0) is 9.53 Å². The number of para-hydroxylation sites is 1. The molecule has 0 radical (unpaired) electrons. The van der Waals surface area contributed by atoms with Gasteiger partial charge >= 0.3 is 0 Å². The summed E-state index contributed by atoms with van der Waals surface area (Å²) in [7, 11) is 1.55. The van der Waals surface area contributed by atoms with Crippen molar-refractivity contribution < 1.29 is 19.0 Å². The fraction of sp³-hybridized carbons (Fsp3) is 0.357. The van der Waals surface area contributed by atoms with Gasteiger partial charge in [0, 0.05) is 26.2 Å². The number of hydrogen-bond donors (Lipinski definition) is 0. The highest BCUT2D eigenvalue weighted by Crippen LogP contribution is 2.31. The van der Waals surface area contributed by atoms with Gasteiger partial charge in [-0.25, -0.2) is 0 Å². The van der Waals surface area contributed by atoms with E-state index in [4.69, 9.17) is 14.2 Å². The summed E-state index contributed by atoms with van der Waals surface area (Å²) < 4.78 is 18.7. The Balaban J connectivity index is 1.44. The Kier molecular flexibility index (Phi) is 7.85. The lowest BCUT2D eigenvalue weighted by atomic mass is 10.1. The van der Waals surface area contributed by atoms with Gasteiger partial charge in [-0.05, 0) is 48.7 Å². The van der Waals surface area contributed by atoms with Gasteiger partial charge in [-0.3, -0.25) is 9.36 Å². The number of ether oxygens (including phenoxy) is 3. The first kappa shape index (κ1) is 25.3. The van der Waals surface area contributed by atoms with Crippen molar-refractivity contribution in [2.45, 2.75) is 12.8 Å². The number of anilines is 1. The molecule has 2 aliphatic heterocycles. The number of aromatic nitrogens is 3. The second kappa shape index (κ2) is 11.8. The number of nitriles is 1. The third-order valence-electron chi connectivity index (χ3n) is 6.62. The van der Waals surface area contributed by atoms with E-state index in [9.17, 15) is 10.1 Å². The average Bonchev–Trinajstić information content (AvgIpc) is 3.67. The summed E-state index contributed by atoms with van der Waals surface area (Å²) in [6.07, 6.45) is 3.81. The highest BCUT2D eigenvalue weighted by atomic mass is 16.5. The fourth-order valence-corrected chi connectivity index (χ4v) is 4.64. The summed E-state index contributed by atoms with van der Waals surface area (Å²) in [5.41, 5.74) is 1.94. The predicted octanol–water partition coefficient (Wildman–Crippen LogP) is 3.18.